The lowest BCUT2D eigenvalue weighted by Crippen LogP contribution is -2.59. The highest BCUT2D eigenvalue weighted by Gasteiger charge is 2.53. The van der Waals surface area contributed by atoms with Gasteiger partial charge in [0.15, 0.2) is 0 Å². The third-order valence-electron chi connectivity index (χ3n) is 6.30. The van der Waals surface area contributed by atoms with Gasteiger partial charge in [0.1, 0.15) is 6.17 Å². The molecule has 4 aliphatic rings. The van der Waals surface area contributed by atoms with Crippen LogP contribution in [-0.4, -0.2) is 61.2 Å². The Morgan fingerprint density at radius 2 is 2.00 bits per heavy atom. The number of carbonyl (C=O) groups is 1. The number of halogens is 1. The molecule has 0 aromatic heterocycles. The van der Waals surface area contributed by atoms with E-state index in [1.54, 1.807) is 0 Å². The first kappa shape index (κ1) is 17.6. The van der Waals surface area contributed by atoms with Crippen LogP contribution in [0.4, 0.5) is 4.39 Å². The van der Waals surface area contributed by atoms with E-state index in [9.17, 15) is 18.3 Å². The third-order valence-corrected chi connectivity index (χ3v) is 7.77. The van der Waals surface area contributed by atoms with Crippen molar-refractivity contribution in [3.63, 3.8) is 0 Å². The van der Waals surface area contributed by atoms with Crippen molar-refractivity contribution in [1.82, 2.24) is 14.3 Å². The second-order valence-corrected chi connectivity index (χ2v) is 9.72. The van der Waals surface area contributed by atoms with Gasteiger partial charge in [0.05, 0.1) is 18.7 Å². The molecule has 0 aromatic rings. The minimum Gasteiger partial charge on any atom is -0.391 e. The molecule has 4 rings (SSSR count). The molecule has 0 aromatic carbocycles. The lowest BCUT2D eigenvalue weighted by Gasteiger charge is -2.48. The Balaban J connectivity index is 1.47. The van der Waals surface area contributed by atoms with Gasteiger partial charge in [-0.25, -0.2) is 9.11 Å². The Morgan fingerprint density at radius 3 is 2.64 bits per heavy atom. The van der Waals surface area contributed by atoms with E-state index in [2.05, 4.69) is 5.32 Å². The van der Waals surface area contributed by atoms with Gasteiger partial charge >= 0.3 is 10.2 Å². The van der Waals surface area contributed by atoms with Gasteiger partial charge in [-0.2, -0.15) is 12.7 Å². The van der Waals surface area contributed by atoms with Crippen LogP contribution in [0.1, 0.15) is 38.5 Å². The van der Waals surface area contributed by atoms with Crippen LogP contribution in [0.15, 0.2) is 0 Å². The van der Waals surface area contributed by atoms with Crippen molar-refractivity contribution in [2.24, 2.45) is 17.8 Å². The topological polar surface area (TPSA) is 98.7 Å². The molecule has 1 aliphatic heterocycles. The van der Waals surface area contributed by atoms with Crippen molar-refractivity contribution >= 4 is 16.1 Å². The Labute approximate surface area is 147 Å². The molecule has 142 valence electrons. The molecular formula is C16H26FN3O4S. The summed E-state index contributed by atoms with van der Waals surface area (Å²) in [5, 5.41) is 13.9. The van der Waals surface area contributed by atoms with E-state index >= 15 is 4.39 Å². The zero-order valence-electron chi connectivity index (χ0n) is 14.1. The summed E-state index contributed by atoms with van der Waals surface area (Å²) in [7, 11) is -4.05. The van der Waals surface area contributed by atoms with Gasteiger partial charge in [-0.15, -0.1) is 0 Å². The normalized spacial score (nSPS) is 44.3. The highest BCUT2D eigenvalue weighted by atomic mass is 32.2. The number of rotatable bonds is 4. The molecular weight excluding hydrogens is 349 g/mol. The zero-order valence-corrected chi connectivity index (χ0v) is 14.9. The van der Waals surface area contributed by atoms with E-state index in [0.717, 1.165) is 29.6 Å². The van der Waals surface area contributed by atoms with Gasteiger partial charge in [0, 0.05) is 6.04 Å². The molecule has 0 radical (unpaired) electrons. The van der Waals surface area contributed by atoms with Crippen LogP contribution < -0.4 is 10.0 Å². The molecule has 3 N–H and O–H groups in total. The van der Waals surface area contributed by atoms with Crippen molar-refractivity contribution in [3.05, 3.63) is 0 Å². The molecule has 9 heteroatoms. The van der Waals surface area contributed by atoms with Crippen molar-refractivity contribution in [3.8, 4) is 0 Å². The van der Waals surface area contributed by atoms with Crippen LogP contribution in [0.3, 0.4) is 0 Å². The average Bonchev–Trinajstić information content (AvgIpc) is 3.31. The SMILES string of the molecule is O=C1CN(C2C(O)CC3CCC(NCC4CC4)CC3C2F)S(=O)(=O)N1. The summed E-state index contributed by atoms with van der Waals surface area (Å²) in [5.74, 6) is -0.111. The number of hydrogen-bond acceptors (Lipinski definition) is 5. The van der Waals surface area contributed by atoms with E-state index in [4.69, 9.17) is 0 Å². The first-order chi connectivity index (χ1) is 11.8. The van der Waals surface area contributed by atoms with E-state index in [0.29, 0.717) is 12.8 Å². The molecule has 7 nitrogen and oxygen atoms in total. The summed E-state index contributed by atoms with van der Waals surface area (Å²) in [6, 6.07) is -0.918. The largest absolute Gasteiger partial charge is 0.391 e. The standard InChI is InChI=1S/C16H26FN3O4S/c17-15-12-6-11(18-7-9-1-2-9)4-3-10(12)5-13(21)16(15)20-8-14(22)19-25(20,23)24/h9-13,15-16,18,21H,1-8H2,(H,19,22). The summed E-state index contributed by atoms with van der Waals surface area (Å²) in [4.78, 5) is 11.5. The lowest BCUT2D eigenvalue weighted by molar-refractivity contribution is -0.119. The highest BCUT2D eigenvalue weighted by molar-refractivity contribution is 7.88. The Bertz CT molecular complexity index is 641. The summed E-state index contributed by atoms with van der Waals surface area (Å²) < 4.78 is 42.2. The Kier molecular flexibility index (Phi) is 4.54. The predicted octanol–water partition coefficient (Wildman–Crippen LogP) is -0.0812. The summed E-state index contributed by atoms with van der Waals surface area (Å²) in [5.41, 5.74) is 0. The van der Waals surface area contributed by atoms with Crippen LogP contribution in [0.5, 0.6) is 0 Å². The second-order valence-electron chi connectivity index (χ2n) is 8.10. The molecule has 0 spiro atoms. The number of nitrogens with one attached hydrogen (secondary N) is 2. The van der Waals surface area contributed by atoms with Crippen LogP contribution in [-0.2, 0) is 15.0 Å². The molecule has 3 saturated carbocycles. The van der Waals surface area contributed by atoms with Gasteiger partial charge in [-0.1, -0.05) is 0 Å². The van der Waals surface area contributed by atoms with Crippen LogP contribution in [0.25, 0.3) is 0 Å². The number of aliphatic hydroxyl groups is 1. The first-order valence-electron chi connectivity index (χ1n) is 9.23. The number of aliphatic hydroxyl groups excluding tert-OH is 1. The summed E-state index contributed by atoms with van der Waals surface area (Å²) in [6.07, 6.45) is 2.87. The van der Waals surface area contributed by atoms with Crippen molar-refractivity contribution in [2.75, 3.05) is 13.1 Å². The minimum absolute atomic E-state index is 0.0780. The van der Waals surface area contributed by atoms with Gasteiger partial charge in [0.25, 0.3) is 0 Å². The number of amides is 1. The van der Waals surface area contributed by atoms with E-state index in [1.807, 2.05) is 4.72 Å². The van der Waals surface area contributed by atoms with Crippen LogP contribution in [0, 0.1) is 17.8 Å². The molecule has 6 unspecified atom stereocenters. The minimum atomic E-state index is -4.05. The number of alkyl halides is 1. The number of fused-ring (bicyclic) bond motifs is 1. The maximum atomic E-state index is 15.3. The molecule has 1 heterocycles. The van der Waals surface area contributed by atoms with Gasteiger partial charge in [0.2, 0.25) is 5.91 Å². The highest BCUT2D eigenvalue weighted by Crippen LogP contribution is 2.44. The average molecular weight is 375 g/mol. The van der Waals surface area contributed by atoms with Gasteiger partial charge in [-0.05, 0) is 62.8 Å². The summed E-state index contributed by atoms with van der Waals surface area (Å²) >= 11 is 0. The van der Waals surface area contributed by atoms with Crippen molar-refractivity contribution in [2.45, 2.75) is 62.9 Å². The number of hydrogen-bond donors (Lipinski definition) is 3. The predicted molar refractivity (Wildman–Crippen MR) is 88.4 cm³/mol. The monoisotopic (exact) mass is 375 g/mol. The Morgan fingerprint density at radius 1 is 1.24 bits per heavy atom. The second kappa shape index (κ2) is 6.44. The van der Waals surface area contributed by atoms with Gasteiger partial charge < -0.3 is 10.4 Å². The fraction of sp³-hybridized carbons (Fsp3) is 0.938. The van der Waals surface area contributed by atoms with E-state index < -0.39 is 41.0 Å². The third kappa shape index (κ3) is 3.43. The quantitative estimate of drug-likeness (QED) is 0.638. The molecule has 25 heavy (non-hydrogen) atoms. The Hall–Kier alpha value is -0.770. The fourth-order valence-corrected chi connectivity index (χ4v) is 6.12. The van der Waals surface area contributed by atoms with Crippen molar-refractivity contribution in [1.29, 1.82) is 0 Å². The van der Waals surface area contributed by atoms with Gasteiger partial charge in [-0.3, -0.25) is 4.79 Å². The number of nitrogens with zero attached hydrogens (tertiary/aromatic N) is 1. The van der Waals surface area contributed by atoms with E-state index in [1.165, 1.54) is 12.8 Å². The smallest absolute Gasteiger partial charge is 0.304 e. The van der Waals surface area contributed by atoms with Crippen LogP contribution >= 0.6 is 0 Å². The molecule has 1 amide bonds. The fourth-order valence-electron chi connectivity index (χ4n) is 4.78. The lowest BCUT2D eigenvalue weighted by atomic mass is 9.66. The summed E-state index contributed by atoms with van der Waals surface area (Å²) in [6.45, 7) is 0.565. The first-order valence-corrected chi connectivity index (χ1v) is 10.7. The molecule has 4 fully saturated rings. The maximum absolute atomic E-state index is 15.3. The molecule has 0 bridgehead atoms. The molecule has 3 aliphatic carbocycles. The van der Waals surface area contributed by atoms with E-state index in [-0.39, 0.29) is 17.9 Å². The number of carbonyl (C=O) groups excluding carboxylic acids is 1. The molecule has 6 atom stereocenters. The zero-order chi connectivity index (χ0) is 17.8. The van der Waals surface area contributed by atoms with Crippen LogP contribution in [0.2, 0.25) is 0 Å². The maximum Gasteiger partial charge on any atom is 0.304 e. The molecule has 1 saturated heterocycles. The van der Waals surface area contributed by atoms with Crippen molar-refractivity contribution < 1.29 is 22.7 Å².